The molecule has 104 valence electrons. The van der Waals surface area contributed by atoms with E-state index in [0.717, 1.165) is 19.4 Å². The number of ether oxygens (including phenoxy) is 1. The third-order valence-corrected chi connectivity index (χ3v) is 3.66. The molecule has 19 heavy (non-hydrogen) atoms. The van der Waals surface area contributed by atoms with Gasteiger partial charge in [-0.3, -0.25) is 4.79 Å². The Bertz CT molecular complexity index is 462. The fourth-order valence-electron chi connectivity index (χ4n) is 2.13. The van der Waals surface area contributed by atoms with Crippen LogP contribution in [0.2, 0.25) is 10.3 Å². The van der Waals surface area contributed by atoms with E-state index in [-0.39, 0.29) is 22.3 Å². The van der Waals surface area contributed by atoms with E-state index in [2.05, 4.69) is 4.98 Å². The highest BCUT2D eigenvalue weighted by Crippen LogP contribution is 2.20. The van der Waals surface area contributed by atoms with Crippen molar-refractivity contribution in [3.8, 4) is 0 Å². The van der Waals surface area contributed by atoms with Crippen molar-refractivity contribution >= 4 is 29.1 Å². The highest BCUT2D eigenvalue weighted by atomic mass is 35.5. The van der Waals surface area contributed by atoms with E-state index < -0.39 is 0 Å². The van der Waals surface area contributed by atoms with Gasteiger partial charge in [0.2, 0.25) is 0 Å². The maximum absolute atomic E-state index is 12.4. The van der Waals surface area contributed by atoms with Crippen LogP contribution >= 0.6 is 23.2 Å². The van der Waals surface area contributed by atoms with Gasteiger partial charge in [-0.2, -0.15) is 0 Å². The molecule has 4 nitrogen and oxygen atoms in total. The molecule has 0 N–H and O–H groups in total. The lowest BCUT2D eigenvalue weighted by atomic mass is 10.2. The van der Waals surface area contributed by atoms with E-state index in [1.807, 2.05) is 6.92 Å². The van der Waals surface area contributed by atoms with Crippen molar-refractivity contribution in [3.05, 3.63) is 28.0 Å². The lowest BCUT2D eigenvalue weighted by Gasteiger charge is -2.24. The number of nitrogens with zero attached hydrogens (tertiary/aromatic N) is 2. The van der Waals surface area contributed by atoms with Crippen LogP contribution in [0.15, 0.2) is 12.1 Å². The van der Waals surface area contributed by atoms with Crippen LogP contribution in [0.3, 0.4) is 0 Å². The first-order valence-corrected chi connectivity index (χ1v) is 7.10. The van der Waals surface area contributed by atoms with E-state index in [0.29, 0.717) is 18.7 Å². The second-order valence-corrected chi connectivity index (χ2v) is 5.20. The van der Waals surface area contributed by atoms with Gasteiger partial charge in [0.25, 0.3) is 5.91 Å². The molecule has 1 aromatic heterocycles. The van der Waals surface area contributed by atoms with Gasteiger partial charge in [0.15, 0.2) is 0 Å². The predicted octanol–water partition coefficient (Wildman–Crippen LogP) is 3.03. The first-order chi connectivity index (χ1) is 9.11. The molecule has 1 saturated heterocycles. The van der Waals surface area contributed by atoms with Crippen molar-refractivity contribution in [1.29, 1.82) is 0 Å². The summed E-state index contributed by atoms with van der Waals surface area (Å²) in [6.07, 6.45) is 2.18. The van der Waals surface area contributed by atoms with Crippen LogP contribution in [0.4, 0.5) is 0 Å². The zero-order valence-electron chi connectivity index (χ0n) is 10.7. The van der Waals surface area contributed by atoms with Crippen LogP contribution in [0.5, 0.6) is 0 Å². The van der Waals surface area contributed by atoms with Crippen molar-refractivity contribution < 1.29 is 9.53 Å². The van der Waals surface area contributed by atoms with Gasteiger partial charge in [0.05, 0.1) is 11.7 Å². The molecule has 1 atom stereocenters. The molecule has 0 aromatic carbocycles. The third kappa shape index (κ3) is 3.59. The summed E-state index contributed by atoms with van der Waals surface area (Å²) in [7, 11) is 0. The maximum Gasteiger partial charge on any atom is 0.257 e. The van der Waals surface area contributed by atoms with Crippen LogP contribution in [0.1, 0.15) is 30.1 Å². The average Bonchev–Trinajstić information content (AvgIpc) is 2.88. The normalized spacial score (nSPS) is 18.6. The van der Waals surface area contributed by atoms with Gasteiger partial charge >= 0.3 is 0 Å². The summed E-state index contributed by atoms with van der Waals surface area (Å²) >= 11 is 11.7. The number of likely N-dealkylation sites (N-methyl/N-ethyl adjacent to an activating group) is 1. The maximum atomic E-state index is 12.4. The van der Waals surface area contributed by atoms with Crippen molar-refractivity contribution in [3.63, 3.8) is 0 Å². The Morgan fingerprint density at radius 1 is 1.53 bits per heavy atom. The molecule has 0 spiro atoms. The fourth-order valence-corrected chi connectivity index (χ4v) is 2.56. The Morgan fingerprint density at radius 2 is 2.32 bits per heavy atom. The van der Waals surface area contributed by atoms with Gasteiger partial charge in [-0.1, -0.05) is 23.2 Å². The molecular weight excluding hydrogens is 287 g/mol. The number of aromatic nitrogens is 1. The van der Waals surface area contributed by atoms with Crippen LogP contribution in [-0.2, 0) is 4.74 Å². The summed E-state index contributed by atoms with van der Waals surface area (Å²) in [6, 6.07) is 3.18. The standard InChI is InChI=1S/C13H16Cl2N2O2/c1-2-17(8-9-4-3-7-19-9)13(18)10-5-6-11(14)16-12(10)15/h5-6,9H,2-4,7-8H2,1H3. The lowest BCUT2D eigenvalue weighted by Crippen LogP contribution is -2.37. The largest absolute Gasteiger partial charge is 0.376 e. The summed E-state index contributed by atoms with van der Waals surface area (Å²) in [6.45, 7) is 3.91. The van der Waals surface area contributed by atoms with Gasteiger partial charge in [-0.15, -0.1) is 0 Å². The van der Waals surface area contributed by atoms with Crippen LogP contribution in [-0.4, -0.2) is 41.6 Å². The predicted molar refractivity (Wildman–Crippen MR) is 74.8 cm³/mol. The lowest BCUT2D eigenvalue weighted by molar-refractivity contribution is 0.0539. The zero-order valence-corrected chi connectivity index (χ0v) is 12.2. The number of carbonyl (C=O) groups excluding carboxylic acids is 1. The number of halogens is 2. The number of rotatable bonds is 4. The SMILES string of the molecule is CCN(CC1CCCO1)C(=O)c1ccc(Cl)nc1Cl. The van der Waals surface area contributed by atoms with Gasteiger partial charge < -0.3 is 9.64 Å². The van der Waals surface area contributed by atoms with E-state index in [1.54, 1.807) is 17.0 Å². The number of hydrogen-bond acceptors (Lipinski definition) is 3. The van der Waals surface area contributed by atoms with Gasteiger partial charge in [0, 0.05) is 19.7 Å². The van der Waals surface area contributed by atoms with Crippen molar-refractivity contribution in [2.75, 3.05) is 19.7 Å². The molecule has 1 unspecified atom stereocenters. The summed E-state index contributed by atoms with van der Waals surface area (Å²) in [5.41, 5.74) is 0.380. The van der Waals surface area contributed by atoms with Crippen molar-refractivity contribution in [2.45, 2.75) is 25.9 Å². The van der Waals surface area contributed by atoms with Gasteiger partial charge in [-0.05, 0) is 31.9 Å². The van der Waals surface area contributed by atoms with Crippen molar-refractivity contribution in [2.24, 2.45) is 0 Å². The van der Waals surface area contributed by atoms with Gasteiger partial charge in [-0.25, -0.2) is 4.98 Å². The first-order valence-electron chi connectivity index (χ1n) is 6.34. The summed E-state index contributed by atoms with van der Waals surface area (Å²) in [5, 5.41) is 0.423. The Labute approximate surface area is 122 Å². The molecule has 2 rings (SSSR count). The monoisotopic (exact) mass is 302 g/mol. The molecular formula is C13H16Cl2N2O2. The van der Waals surface area contributed by atoms with Crippen LogP contribution in [0, 0.1) is 0 Å². The molecule has 0 aliphatic carbocycles. The second kappa shape index (κ2) is 6.55. The van der Waals surface area contributed by atoms with Gasteiger partial charge in [0.1, 0.15) is 10.3 Å². The Morgan fingerprint density at radius 3 is 2.89 bits per heavy atom. The molecule has 1 aliphatic heterocycles. The second-order valence-electron chi connectivity index (χ2n) is 4.45. The number of carbonyl (C=O) groups is 1. The Balaban J connectivity index is 2.10. The quantitative estimate of drug-likeness (QED) is 0.803. The molecule has 0 bridgehead atoms. The van der Waals surface area contributed by atoms with Crippen LogP contribution < -0.4 is 0 Å². The summed E-state index contributed by atoms with van der Waals surface area (Å²) in [5.74, 6) is -0.132. The topological polar surface area (TPSA) is 42.4 Å². The smallest absolute Gasteiger partial charge is 0.257 e. The molecule has 0 saturated carbocycles. The number of hydrogen-bond donors (Lipinski definition) is 0. The van der Waals surface area contributed by atoms with Crippen molar-refractivity contribution in [1.82, 2.24) is 9.88 Å². The molecule has 1 amide bonds. The molecule has 1 fully saturated rings. The summed E-state index contributed by atoms with van der Waals surface area (Å²) in [4.78, 5) is 18.0. The molecule has 1 aliphatic rings. The highest BCUT2D eigenvalue weighted by molar-refractivity contribution is 6.34. The third-order valence-electron chi connectivity index (χ3n) is 3.16. The van der Waals surface area contributed by atoms with E-state index in [1.165, 1.54) is 0 Å². The molecule has 0 radical (unpaired) electrons. The Hall–Kier alpha value is -0.840. The van der Waals surface area contributed by atoms with E-state index in [4.69, 9.17) is 27.9 Å². The number of pyridine rings is 1. The molecule has 6 heteroatoms. The van der Waals surface area contributed by atoms with E-state index in [9.17, 15) is 4.79 Å². The fraction of sp³-hybridized carbons (Fsp3) is 0.538. The molecule has 2 heterocycles. The minimum Gasteiger partial charge on any atom is -0.376 e. The molecule has 1 aromatic rings. The Kier molecular flexibility index (Phi) is 5.02. The average molecular weight is 303 g/mol. The first kappa shape index (κ1) is 14.6. The number of amides is 1. The highest BCUT2D eigenvalue weighted by Gasteiger charge is 2.24. The van der Waals surface area contributed by atoms with Crippen LogP contribution in [0.25, 0.3) is 0 Å². The minimum atomic E-state index is -0.132. The van der Waals surface area contributed by atoms with E-state index >= 15 is 0 Å². The minimum absolute atomic E-state index is 0.128. The zero-order chi connectivity index (χ0) is 13.8. The summed E-state index contributed by atoms with van der Waals surface area (Å²) < 4.78 is 5.56.